The highest BCUT2D eigenvalue weighted by Gasteiger charge is 2.35. The molecule has 1 atom stereocenters. The fourth-order valence-electron chi connectivity index (χ4n) is 4.86. The SMILES string of the molecule is O=C(COCc1ccccc1)N(CC(=O)N1CCc2sccc2C1c1ccc(Cl)cc1Cl)Cc1ccc(F)cc1. The van der Waals surface area contributed by atoms with Gasteiger partial charge in [-0.05, 0) is 64.4 Å². The maximum Gasteiger partial charge on any atom is 0.249 e. The van der Waals surface area contributed by atoms with E-state index in [0.29, 0.717) is 28.6 Å². The van der Waals surface area contributed by atoms with Crippen molar-refractivity contribution in [3.8, 4) is 0 Å². The standard InChI is InChI=1S/C31H27Cl2FN2O3S/c32-23-8-11-25(27(33)16-23)31-26-13-15-40-28(26)12-14-36(31)29(37)18-35(17-21-6-9-24(34)10-7-21)30(38)20-39-19-22-4-2-1-3-5-22/h1-11,13,15-16,31H,12,14,17-20H2. The number of carbonyl (C=O) groups excluding carboxylic acids is 2. The summed E-state index contributed by atoms with van der Waals surface area (Å²) < 4.78 is 19.2. The number of benzene rings is 3. The highest BCUT2D eigenvalue weighted by atomic mass is 35.5. The van der Waals surface area contributed by atoms with E-state index >= 15 is 0 Å². The Labute approximate surface area is 246 Å². The maximum absolute atomic E-state index is 13.9. The molecule has 0 bridgehead atoms. The van der Waals surface area contributed by atoms with Gasteiger partial charge in [-0.25, -0.2) is 4.39 Å². The van der Waals surface area contributed by atoms with Gasteiger partial charge in [-0.1, -0.05) is 71.7 Å². The number of rotatable bonds is 9. The molecule has 5 nitrogen and oxygen atoms in total. The molecule has 0 fully saturated rings. The molecule has 1 unspecified atom stereocenters. The number of thiophene rings is 1. The van der Waals surface area contributed by atoms with Gasteiger partial charge < -0.3 is 14.5 Å². The van der Waals surface area contributed by atoms with Crippen LogP contribution in [-0.2, 0) is 33.9 Å². The van der Waals surface area contributed by atoms with E-state index < -0.39 is 6.04 Å². The molecule has 0 spiro atoms. The summed E-state index contributed by atoms with van der Waals surface area (Å²) in [6.45, 7) is 0.550. The number of fused-ring (bicyclic) bond motifs is 1. The highest BCUT2D eigenvalue weighted by Crippen LogP contribution is 2.41. The van der Waals surface area contributed by atoms with Gasteiger partial charge in [-0.15, -0.1) is 11.3 Å². The van der Waals surface area contributed by atoms with E-state index in [1.807, 2.05) is 47.8 Å². The van der Waals surface area contributed by atoms with Gasteiger partial charge in [-0.3, -0.25) is 9.59 Å². The number of hydrogen-bond acceptors (Lipinski definition) is 4. The first kappa shape index (κ1) is 28.3. The third kappa shape index (κ3) is 6.73. The zero-order valence-corrected chi connectivity index (χ0v) is 23.9. The number of carbonyl (C=O) groups is 2. The summed E-state index contributed by atoms with van der Waals surface area (Å²) in [5, 5.41) is 3.01. The molecule has 2 amide bonds. The Morgan fingerprint density at radius 1 is 0.975 bits per heavy atom. The minimum atomic E-state index is -0.399. The Balaban J connectivity index is 1.37. The van der Waals surface area contributed by atoms with Crippen molar-refractivity contribution in [1.29, 1.82) is 0 Å². The summed E-state index contributed by atoms with van der Waals surface area (Å²) in [5.41, 5.74) is 3.46. The number of halogens is 3. The van der Waals surface area contributed by atoms with Crippen LogP contribution in [0.15, 0.2) is 84.2 Å². The molecule has 2 heterocycles. The first-order valence-electron chi connectivity index (χ1n) is 12.8. The van der Waals surface area contributed by atoms with Gasteiger partial charge in [0.15, 0.2) is 0 Å². The molecule has 1 aliphatic rings. The predicted molar refractivity (Wildman–Crippen MR) is 156 cm³/mol. The predicted octanol–water partition coefficient (Wildman–Crippen LogP) is 6.91. The molecule has 0 N–H and O–H groups in total. The quantitative estimate of drug-likeness (QED) is 0.211. The molecule has 1 aromatic heterocycles. The molecule has 0 aliphatic carbocycles. The minimum absolute atomic E-state index is 0.142. The molecule has 9 heteroatoms. The lowest BCUT2D eigenvalue weighted by Gasteiger charge is -2.38. The molecule has 0 saturated heterocycles. The van der Waals surface area contributed by atoms with Crippen LogP contribution in [-0.4, -0.2) is 41.3 Å². The van der Waals surface area contributed by atoms with Crippen LogP contribution in [0.3, 0.4) is 0 Å². The van der Waals surface area contributed by atoms with E-state index in [-0.39, 0.29) is 43.9 Å². The van der Waals surface area contributed by atoms with E-state index in [0.717, 1.165) is 16.7 Å². The van der Waals surface area contributed by atoms with E-state index in [4.69, 9.17) is 27.9 Å². The Kier molecular flexibility index (Phi) is 9.17. The molecule has 5 rings (SSSR count). The molecule has 1 aliphatic heterocycles. The molecular formula is C31H27Cl2FN2O3S. The van der Waals surface area contributed by atoms with E-state index in [1.165, 1.54) is 21.9 Å². The summed E-state index contributed by atoms with van der Waals surface area (Å²) in [7, 11) is 0. The lowest BCUT2D eigenvalue weighted by Crippen LogP contribution is -2.47. The van der Waals surface area contributed by atoms with Crippen LogP contribution in [0.25, 0.3) is 0 Å². The number of hydrogen-bond donors (Lipinski definition) is 0. The Morgan fingerprint density at radius 3 is 2.50 bits per heavy atom. The van der Waals surface area contributed by atoms with Crippen molar-refractivity contribution in [3.05, 3.63) is 127 Å². The van der Waals surface area contributed by atoms with Crippen molar-refractivity contribution in [2.75, 3.05) is 19.7 Å². The van der Waals surface area contributed by atoms with Crippen LogP contribution >= 0.6 is 34.5 Å². The maximum atomic E-state index is 13.9. The first-order valence-corrected chi connectivity index (χ1v) is 14.5. The zero-order chi connectivity index (χ0) is 28.1. The molecule has 0 saturated carbocycles. The molecule has 206 valence electrons. The Morgan fingerprint density at radius 2 is 1.75 bits per heavy atom. The molecule has 0 radical (unpaired) electrons. The van der Waals surface area contributed by atoms with Gasteiger partial charge in [0, 0.05) is 28.0 Å². The number of amides is 2. The zero-order valence-electron chi connectivity index (χ0n) is 21.6. The average molecular weight is 598 g/mol. The van der Waals surface area contributed by atoms with Crippen molar-refractivity contribution in [3.63, 3.8) is 0 Å². The van der Waals surface area contributed by atoms with Crippen molar-refractivity contribution in [2.45, 2.75) is 25.6 Å². The normalized spacial score (nSPS) is 14.6. The molecule has 40 heavy (non-hydrogen) atoms. The second-order valence-corrected chi connectivity index (χ2v) is 11.4. The van der Waals surface area contributed by atoms with Crippen molar-refractivity contribution < 1.29 is 18.7 Å². The van der Waals surface area contributed by atoms with Crippen LogP contribution in [0.5, 0.6) is 0 Å². The second kappa shape index (κ2) is 13.0. The van der Waals surface area contributed by atoms with Gasteiger partial charge in [0.25, 0.3) is 0 Å². The minimum Gasteiger partial charge on any atom is -0.367 e. The van der Waals surface area contributed by atoms with Gasteiger partial charge in [-0.2, -0.15) is 0 Å². The fourth-order valence-corrected chi connectivity index (χ4v) is 6.28. The van der Waals surface area contributed by atoms with Crippen LogP contribution in [0.4, 0.5) is 4.39 Å². The number of nitrogens with zero attached hydrogens (tertiary/aromatic N) is 2. The summed E-state index contributed by atoms with van der Waals surface area (Å²) in [4.78, 5) is 31.7. The topological polar surface area (TPSA) is 49.9 Å². The monoisotopic (exact) mass is 596 g/mol. The van der Waals surface area contributed by atoms with E-state index in [2.05, 4.69) is 0 Å². The lowest BCUT2D eigenvalue weighted by molar-refractivity contribution is -0.145. The smallest absolute Gasteiger partial charge is 0.249 e. The second-order valence-electron chi connectivity index (χ2n) is 9.56. The summed E-state index contributed by atoms with van der Waals surface area (Å²) in [6, 6.07) is 22.4. The molecule has 4 aromatic rings. The van der Waals surface area contributed by atoms with Gasteiger partial charge >= 0.3 is 0 Å². The third-order valence-electron chi connectivity index (χ3n) is 6.85. The summed E-state index contributed by atoms with van der Waals surface area (Å²) >= 11 is 14.4. The van der Waals surface area contributed by atoms with Gasteiger partial charge in [0.1, 0.15) is 19.0 Å². The van der Waals surface area contributed by atoms with Crippen LogP contribution in [0.2, 0.25) is 10.0 Å². The largest absolute Gasteiger partial charge is 0.367 e. The van der Waals surface area contributed by atoms with E-state index in [1.54, 1.807) is 40.5 Å². The first-order chi connectivity index (χ1) is 19.4. The van der Waals surface area contributed by atoms with Crippen molar-refractivity contribution in [2.24, 2.45) is 0 Å². The highest BCUT2D eigenvalue weighted by molar-refractivity contribution is 7.10. The van der Waals surface area contributed by atoms with Crippen LogP contribution < -0.4 is 0 Å². The lowest BCUT2D eigenvalue weighted by atomic mass is 9.93. The fraction of sp³-hybridized carbons (Fsp3) is 0.226. The Hall–Kier alpha value is -3.23. The van der Waals surface area contributed by atoms with Gasteiger partial charge in [0.2, 0.25) is 11.8 Å². The number of ether oxygens (including phenoxy) is 1. The van der Waals surface area contributed by atoms with Crippen molar-refractivity contribution >= 4 is 46.4 Å². The van der Waals surface area contributed by atoms with Crippen LogP contribution in [0.1, 0.15) is 33.2 Å². The van der Waals surface area contributed by atoms with Gasteiger partial charge in [0.05, 0.1) is 12.6 Å². The third-order valence-corrected chi connectivity index (χ3v) is 8.40. The Bertz CT molecular complexity index is 1480. The van der Waals surface area contributed by atoms with Crippen LogP contribution in [0, 0.1) is 5.82 Å². The summed E-state index contributed by atoms with van der Waals surface area (Å²) in [6.07, 6.45) is 0.715. The average Bonchev–Trinajstić information content (AvgIpc) is 3.43. The van der Waals surface area contributed by atoms with Crippen molar-refractivity contribution in [1.82, 2.24) is 9.80 Å². The summed E-state index contributed by atoms with van der Waals surface area (Å²) in [5.74, 6) is -0.916. The molecular weight excluding hydrogens is 570 g/mol. The van der Waals surface area contributed by atoms with E-state index in [9.17, 15) is 14.0 Å². The molecule has 3 aromatic carbocycles.